The number of nitrogens with one attached hydrogen (secondary N) is 1. The van der Waals surface area contributed by atoms with Crippen LogP contribution in [0.15, 0.2) is 52.9 Å². The first-order valence-corrected chi connectivity index (χ1v) is 8.69. The highest BCUT2D eigenvalue weighted by molar-refractivity contribution is 5.96. The zero-order valence-corrected chi connectivity index (χ0v) is 15.7. The number of rotatable bonds is 8. The Morgan fingerprint density at radius 2 is 1.79 bits per heavy atom. The number of hydrogen-bond acceptors (Lipinski definition) is 6. The number of hydrogen-bond donors (Lipinski definition) is 1. The number of furan rings is 1. The van der Waals surface area contributed by atoms with E-state index < -0.39 is 18.5 Å². The number of esters is 1. The minimum atomic E-state index is -0.712. The van der Waals surface area contributed by atoms with Gasteiger partial charge in [-0.1, -0.05) is 36.4 Å². The molecule has 0 saturated heterocycles. The Bertz CT molecular complexity index is 978. The third-order valence-corrected chi connectivity index (χ3v) is 4.18. The Hall–Kier alpha value is -3.32. The van der Waals surface area contributed by atoms with Gasteiger partial charge in [0.25, 0.3) is 5.91 Å². The van der Waals surface area contributed by atoms with Crippen LogP contribution in [0.1, 0.15) is 21.7 Å². The number of benzene rings is 2. The maximum Gasteiger partial charge on any atom is 0.375 e. The van der Waals surface area contributed by atoms with E-state index in [2.05, 4.69) is 5.32 Å². The van der Waals surface area contributed by atoms with E-state index in [1.54, 1.807) is 19.2 Å². The molecular formula is C21H21NO6. The zero-order valence-electron chi connectivity index (χ0n) is 15.7. The van der Waals surface area contributed by atoms with E-state index in [1.807, 2.05) is 36.4 Å². The molecule has 7 nitrogen and oxygen atoms in total. The summed E-state index contributed by atoms with van der Waals surface area (Å²) < 4.78 is 21.1. The Labute approximate surface area is 162 Å². The monoisotopic (exact) mass is 383 g/mol. The summed E-state index contributed by atoms with van der Waals surface area (Å²) in [5.74, 6) is -0.425. The van der Waals surface area contributed by atoms with Gasteiger partial charge in [0, 0.05) is 30.2 Å². The van der Waals surface area contributed by atoms with Crippen molar-refractivity contribution in [3.8, 4) is 5.75 Å². The molecular weight excluding hydrogens is 362 g/mol. The van der Waals surface area contributed by atoms with Crippen molar-refractivity contribution in [2.24, 2.45) is 0 Å². The van der Waals surface area contributed by atoms with Crippen LogP contribution in [-0.4, -0.2) is 32.7 Å². The van der Waals surface area contributed by atoms with Gasteiger partial charge in [-0.05, 0) is 12.1 Å². The lowest BCUT2D eigenvalue weighted by atomic mass is 10.1. The summed E-state index contributed by atoms with van der Waals surface area (Å²) in [6.45, 7) is 0.0405. The Morgan fingerprint density at radius 3 is 2.57 bits per heavy atom. The number of fused-ring (bicyclic) bond motifs is 1. The number of methoxy groups -OCH3 is 2. The molecule has 0 atom stereocenters. The molecule has 0 spiro atoms. The van der Waals surface area contributed by atoms with Crippen molar-refractivity contribution in [3.63, 3.8) is 0 Å². The van der Waals surface area contributed by atoms with Crippen LogP contribution < -0.4 is 10.1 Å². The van der Waals surface area contributed by atoms with Crippen LogP contribution in [0.5, 0.6) is 5.75 Å². The van der Waals surface area contributed by atoms with E-state index in [-0.39, 0.29) is 18.9 Å². The van der Waals surface area contributed by atoms with Crippen molar-refractivity contribution >= 4 is 22.8 Å². The molecule has 0 aliphatic heterocycles. The number of ether oxygens (including phenoxy) is 3. The summed E-state index contributed by atoms with van der Waals surface area (Å²) in [6.07, 6.45) is 0. The normalized spacial score (nSPS) is 10.6. The maximum absolute atomic E-state index is 12.4. The van der Waals surface area contributed by atoms with Crippen molar-refractivity contribution in [1.29, 1.82) is 0 Å². The fourth-order valence-electron chi connectivity index (χ4n) is 2.84. The molecule has 3 rings (SSSR count). The quantitative estimate of drug-likeness (QED) is 0.602. The van der Waals surface area contributed by atoms with Crippen LogP contribution in [0.25, 0.3) is 11.0 Å². The third-order valence-electron chi connectivity index (χ3n) is 4.18. The van der Waals surface area contributed by atoms with Crippen molar-refractivity contribution in [2.45, 2.75) is 13.2 Å². The number of carbonyl (C=O) groups excluding carboxylic acids is 2. The van der Waals surface area contributed by atoms with Gasteiger partial charge in [0.2, 0.25) is 5.76 Å². The molecule has 2 aromatic carbocycles. The Balaban J connectivity index is 1.61. The second-order valence-electron chi connectivity index (χ2n) is 6.00. The molecule has 0 aliphatic carbocycles. The molecule has 0 unspecified atom stereocenters. The number of para-hydroxylation sites is 2. The SMILES string of the molecule is COCc1c(C(=O)OCC(=O)NCc2ccccc2OC)oc2ccccc12. The van der Waals surface area contributed by atoms with Gasteiger partial charge in [0.05, 0.1) is 13.7 Å². The van der Waals surface area contributed by atoms with Gasteiger partial charge in [-0.25, -0.2) is 4.79 Å². The zero-order chi connectivity index (χ0) is 19.9. The van der Waals surface area contributed by atoms with Gasteiger partial charge >= 0.3 is 5.97 Å². The Kier molecular flexibility index (Phi) is 6.29. The highest BCUT2D eigenvalue weighted by Gasteiger charge is 2.22. The lowest BCUT2D eigenvalue weighted by molar-refractivity contribution is -0.124. The molecule has 1 N–H and O–H groups in total. The van der Waals surface area contributed by atoms with E-state index in [0.29, 0.717) is 16.9 Å². The summed E-state index contributed by atoms with van der Waals surface area (Å²) in [6, 6.07) is 14.6. The van der Waals surface area contributed by atoms with Gasteiger partial charge in [-0.15, -0.1) is 0 Å². The van der Waals surface area contributed by atoms with Crippen LogP contribution in [0, 0.1) is 0 Å². The van der Waals surface area contributed by atoms with E-state index in [1.165, 1.54) is 7.11 Å². The lowest BCUT2D eigenvalue weighted by Crippen LogP contribution is -2.28. The first-order valence-electron chi connectivity index (χ1n) is 8.69. The summed E-state index contributed by atoms with van der Waals surface area (Å²) in [5, 5.41) is 3.47. The molecule has 146 valence electrons. The molecule has 0 bridgehead atoms. The minimum absolute atomic E-state index is 0.0422. The van der Waals surface area contributed by atoms with E-state index in [9.17, 15) is 9.59 Å². The highest BCUT2D eigenvalue weighted by atomic mass is 16.5. The topological polar surface area (TPSA) is 87.0 Å². The summed E-state index contributed by atoms with van der Waals surface area (Å²) >= 11 is 0. The van der Waals surface area contributed by atoms with Gasteiger partial charge in [-0.2, -0.15) is 0 Å². The van der Waals surface area contributed by atoms with Crippen LogP contribution in [0.2, 0.25) is 0 Å². The van der Waals surface area contributed by atoms with Crippen molar-refractivity contribution in [3.05, 3.63) is 65.4 Å². The average molecular weight is 383 g/mol. The molecule has 1 amide bonds. The highest BCUT2D eigenvalue weighted by Crippen LogP contribution is 2.27. The fourth-order valence-corrected chi connectivity index (χ4v) is 2.84. The summed E-state index contributed by atoms with van der Waals surface area (Å²) in [4.78, 5) is 24.5. The van der Waals surface area contributed by atoms with Crippen molar-refractivity contribution < 1.29 is 28.2 Å². The molecule has 7 heteroatoms. The molecule has 0 saturated carbocycles. The van der Waals surface area contributed by atoms with Crippen LogP contribution >= 0.6 is 0 Å². The molecule has 0 fully saturated rings. The first-order chi connectivity index (χ1) is 13.6. The van der Waals surface area contributed by atoms with Crippen LogP contribution in [0.3, 0.4) is 0 Å². The third kappa shape index (κ3) is 4.32. The van der Waals surface area contributed by atoms with Crippen LogP contribution in [-0.2, 0) is 27.4 Å². The van der Waals surface area contributed by atoms with Gasteiger partial charge in [0.15, 0.2) is 6.61 Å². The first kappa shape index (κ1) is 19.4. The second-order valence-corrected chi connectivity index (χ2v) is 6.00. The van der Waals surface area contributed by atoms with Crippen molar-refractivity contribution in [1.82, 2.24) is 5.32 Å². The average Bonchev–Trinajstić information content (AvgIpc) is 3.09. The fraction of sp³-hybridized carbons (Fsp3) is 0.238. The van der Waals surface area contributed by atoms with Crippen LogP contribution in [0.4, 0.5) is 0 Å². The van der Waals surface area contributed by atoms with Gasteiger partial charge in [0.1, 0.15) is 11.3 Å². The predicted octanol–water partition coefficient (Wildman–Crippen LogP) is 3.06. The molecule has 28 heavy (non-hydrogen) atoms. The molecule has 3 aromatic rings. The smallest absolute Gasteiger partial charge is 0.375 e. The lowest BCUT2D eigenvalue weighted by Gasteiger charge is -2.09. The Morgan fingerprint density at radius 1 is 1.04 bits per heavy atom. The molecule has 0 radical (unpaired) electrons. The largest absolute Gasteiger partial charge is 0.496 e. The number of carbonyl (C=O) groups is 2. The minimum Gasteiger partial charge on any atom is -0.496 e. The second kappa shape index (κ2) is 9.05. The summed E-state index contributed by atoms with van der Waals surface area (Å²) in [7, 11) is 3.09. The standard InChI is InChI=1S/C21H21NO6/c1-25-12-16-15-8-4-6-10-18(15)28-20(16)21(24)27-13-19(23)22-11-14-7-3-5-9-17(14)26-2/h3-10H,11-13H2,1-2H3,(H,22,23). The molecule has 1 aromatic heterocycles. The molecule has 1 heterocycles. The maximum atomic E-state index is 12.4. The summed E-state index contributed by atoms with van der Waals surface area (Å²) in [5.41, 5.74) is 1.98. The predicted molar refractivity (Wildman–Crippen MR) is 102 cm³/mol. The van der Waals surface area contributed by atoms with Gasteiger partial charge in [-0.3, -0.25) is 4.79 Å². The van der Waals surface area contributed by atoms with Crippen molar-refractivity contribution in [2.75, 3.05) is 20.8 Å². The number of amides is 1. The molecule has 0 aliphatic rings. The van der Waals surface area contributed by atoms with Gasteiger partial charge < -0.3 is 23.9 Å². The van der Waals surface area contributed by atoms with E-state index in [0.717, 1.165) is 10.9 Å². The van der Waals surface area contributed by atoms with E-state index in [4.69, 9.17) is 18.6 Å². The van der Waals surface area contributed by atoms with E-state index >= 15 is 0 Å².